The molecular formula is C39H44FN3O. The first kappa shape index (κ1) is 31.2. The minimum Gasteiger partial charge on any atom is -0.493 e. The van der Waals surface area contributed by atoms with E-state index < -0.39 is 0 Å². The molecule has 0 unspecified atom stereocenters. The van der Waals surface area contributed by atoms with Crippen molar-refractivity contribution < 1.29 is 9.13 Å². The van der Waals surface area contributed by atoms with Crippen molar-refractivity contribution in [3.63, 3.8) is 0 Å². The predicted molar refractivity (Wildman–Crippen MR) is 182 cm³/mol. The molecule has 5 aromatic rings. The van der Waals surface area contributed by atoms with Crippen LogP contribution in [0.5, 0.6) is 5.75 Å². The van der Waals surface area contributed by atoms with Gasteiger partial charge in [-0.15, -0.1) is 0 Å². The number of ether oxygens (including phenoxy) is 1. The quantitative estimate of drug-likeness (QED) is 0.124. The van der Waals surface area contributed by atoms with E-state index in [-0.39, 0.29) is 5.82 Å². The van der Waals surface area contributed by atoms with Crippen LogP contribution in [0.2, 0.25) is 0 Å². The molecule has 0 radical (unpaired) electrons. The maximum absolute atomic E-state index is 15.4. The molecule has 0 atom stereocenters. The van der Waals surface area contributed by atoms with E-state index in [1.165, 1.54) is 17.5 Å². The summed E-state index contributed by atoms with van der Waals surface area (Å²) in [5, 5.41) is 4.44. The molecular weight excluding hydrogens is 545 g/mol. The molecule has 0 saturated heterocycles. The Hall–Kier alpha value is -4.22. The molecule has 1 N–H and O–H groups in total. The average Bonchev–Trinajstić information content (AvgIpc) is 3.06. The van der Waals surface area contributed by atoms with E-state index in [2.05, 4.69) is 84.5 Å². The maximum atomic E-state index is 15.4. The molecule has 4 nitrogen and oxygen atoms in total. The lowest BCUT2D eigenvalue weighted by Crippen LogP contribution is -2.26. The molecule has 228 valence electrons. The van der Waals surface area contributed by atoms with Crippen LogP contribution in [0.15, 0.2) is 97.2 Å². The summed E-state index contributed by atoms with van der Waals surface area (Å²) in [6, 6.07) is 30.5. The van der Waals surface area contributed by atoms with Crippen molar-refractivity contribution in [1.82, 2.24) is 9.88 Å². The lowest BCUT2D eigenvalue weighted by molar-refractivity contribution is 0.241. The number of aryl methyl sites for hydroxylation is 1. The number of halogens is 1. The van der Waals surface area contributed by atoms with Gasteiger partial charge in [0.15, 0.2) is 0 Å². The number of nitrogens with zero attached hydrogens (tertiary/aromatic N) is 2. The Labute approximate surface area is 261 Å². The molecule has 5 heteroatoms. The fraction of sp³-hybridized carbons (Fsp3) is 0.308. The molecule has 0 fully saturated rings. The zero-order chi connectivity index (χ0) is 30.7. The third-order valence-electron chi connectivity index (χ3n) is 8.22. The third-order valence-corrected chi connectivity index (χ3v) is 8.22. The second kappa shape index (κ2) is 15.5. The number of nitrogens with one attached hydrogen (secondary N) is 1. The number of fused-ring (bicyclic) bond motifs is 1. The summed E-state index contributed by atoms with van der Waals surface area (Å²) in [7, 11) is 0. The topological polar surface area (TPSA) is 37.4 Å². The minimum atomic E-state index is -0.210. The molecule has 4 aromatic carbocycles. The maximum Gasteiger partial charge on any atom is 0.128 e. The zero-order valence-corrected chi connectivity index (χ0v) is 26.3. The van der Waals surface area contributed by atoms with Gasteiger partial charge in [-0.2, -0.15) is 0 Å². The monoisotopic (exact) mass is 589 g/mol. The largest absolute Gasteiger partial charge is 0.493 e. The second-order valence-electron chi connectivity index (χ2n) is 11.3. The van der Waals surface area contributed by atoms with E-state index in [4.69, 9.17) is 4.74 Å². The smallest absolute Gasteiger partial charge is 0.128 e. The fourth-order valence-corrected chi connectivity index (χ4v) is 5.76. The summed E-state index contributed by atoms with van der Waals surface area (Å²) in [4.78, 5) is 7.10. The van der Waals surface area contributed by atoms with Crippen LogP contribution in [-0.4, -0.2) is 36.1 Å². The summed E-state index contributed by atoms with van der Waals surface area (Å²) in [6.45, 7) is 11.1. The first-order chi connectivity index (χ1) is 21.6. The summed E-state index contributed by atoms with van der Waals surface area (Å²) in [5.74, 6) is 0.692. The lowest BCUT2D eigenvalue weighted by Gasteiger charge is -2.20. The van der Waals surface area contributed by atoms with Crippen molar-refractivity contribution in [3.8, 4) is 16.9 Å². The van der Waals surface area contributed by atoms with Gasteiger partial charge < -0.3 is 15.0 Å². The van der Waals surface area contributed by atoms with Crippen LogP contribution in [0, 0.1) is 5.82 Å². The van der Waals surface area contributed by atoms with Gasteiger partial charge in [0.1, 0.15) is 11.6 Å². The van der Waals surface area contributed by atoms with Gasteiger partial charge in [0.2, 0.25) is 0 Å². The van der Waals surface area contributed by atoms with Gasteiger partial charge in [-0.25, -0.2) is 4.39 Å². The highest BCUT2D eigenvalue weighted by Gasteiger charge is 2.12. The van der Waals surface area contributed by atoms with E-state index in [1.54, 1.807) is 6.07 Å². The van der Waals surface area contributed by atoms with Gasteiger partial charge >= 0.3 is 0 Å². The zero-order valence-electron chi connectivity index (χ0n) is 26.3. The molecule has 1 aromatic heterocycles. The van der Waals surface area contributed by atoms with E-state index in [0.29, 0.717) is 25.1 Å². The van der Waals surface area contributed by atoms with E-state index in [0.717, 1.165) is 71.5 Å². The van der Waals surface area contributed by atoms with Crippen LogP contribution in [-0.2, 0) is 19.4 Å². The number of anilines is 1. The Morgan fingerprint density at radius 1 is 0.795 bits per heavy atom. The highest BCUT2D eigenvalue weighted by atomic mass is 19.1. The Morgan fingerprint density at radius 3 is 2.41 bits per heavy atom. The molecule has 0 bridgehead atoms. The Bertz CT molecular complexity index is 1650. The van der Waals surface area contributed by atoms with Crippen molar-refractivity contribution in [2.75, 3.05) is 31.6 Å². The van der Waals surface area contributed by atoms with Gasteiger partial charge in [0.25, 0.3) is 0 Å². The van der Waals surface area contributed by atoms with Crippen molar-refractivity contribution in [3.05, 3.63) is 125 Å². The Balaban J connectivity index is 1.25. The van der Waals surface area contributed by atoms with Crippen molar-refractivity contribution in [1.29, 1.82) is 0 Å². The predicted octanol–water partition coefficient (Wildman–Crippen LogP) is 9.31. The summed E-state index contributed by atoms with van der Waals surface area (Å²) in [6.07, 6.45) is 5.33. The van der Waals surface area contributed by atoms with E-state index in [1.807, 2.05) is 42.6 Å². The average molecular weight is 590 g/mol. The summed E-state index contributed by atoms with van der Waals surface area (Å²) >= 11 is 0. The van der Waals surface area contributed by atoms with E-state index in [9.17, 15) is 0 Å². The molecule has 0 aliphatic rings. The Morgan fingerprint density at radius 2 is 1.64 bits per heavy atom. The molecule has 0 aliphatic heterocycles. The fourth-order valence-electron chi connectivity index (χ4n) is 5.76. The lowest BCUT2D eigenvalue weighted by atomic mass is 9.98. The van der Waals surface area contributed by atoms with Crippen LogP contribution in [0.25, 0.3) is 22.0 Å². The van der Waals surface area contributed by atoms with Crippen LogP contribution in [0.3, 0.4) is 0 Å². The highest BCUT2D eigenvalue weighted by Crippen LogP contribution is 2.30. The first-order valence-corrected chi connectivity index (χ1v) is 16.0. The van der Waals surface area contributed by atoms with E-state index >= 15 is 4.39 Å². The third kappa shape index (κ3) is 8.03. The molecule has 0 saturated carbocycles. The standard InChI is InChI=1S/C39H44FN3O/c1-4-20-43(6-3)21-11-22-44-39-27-38-36(25-30(39)5-2)33(18-19-41-38)24-34-16-17-35(26-37(34)40)42-28-29-12-10-15-32(23-29)31-13-8-7-9-14-31/h7-10,12-19,23,25-27,42H,4-6,11,20-22,24,28H2,1-3H3. The molecule has 1 heterocycles. The highest BCUT2D eigenvalue weighted by molar-refractivity contribution is 5.85. The number of aromatic nitrogens is 1. The number of hydrogen-bond donors (Lipinski definition) is 1. The molecule has 0 aliphatic carbocycles. The molecule has 5 rings (SSSR count). The number of benzene rings is 4. The number of pyridine rings is 1. The van der Waals surface area contributed by atoms with Gasteiger partial charge in [0, 0.05) is 42.8 Å². The van der Waals surface area contributed by atoms with Gasteiger partial charge in [-0.05, 0) is 96.1 Å². The molecule has 0 amide bonds. The molecule has 0 spiro atoms. The van der Waals surface area contributed by atoms with Crippen LogP contribution in [0.1, 0.15) is 55.9 Å². The summed E-state index contributed by atoms with van der Waals surface area (Å²) < 4.78 is 21.6. The first-order valence-electron chi connectivity index (χ1n) is 16.0. The van der Waals surface area contributed by atoms with Crippen LogP contribution < -0.4 is 10.1 Å². The number of rotatable bonds is 15. The van der Waals surface area contributed by atoms with Gasteiger partial charge in [-0.3, -0.25) is 4.98 Å². The second-order valence-corrected chi connectivity index (χ2v) is 11.3. The van der Waals surface area contributed by atoms with Crippen molar-refractivity contribution in [2.24, 2.45) is 0 Å². The van der Waals surface area contributed by atoms with Crippen molar-refractivity contribution >= 4 is 16.6 Å². The van der Waals surface area contributed by atoms with Crippen LogP contribution >= 0.6 is 0 Å². The van der Waals surface area contributed by atoms with Crippen LogP contribution in [0.4, 0.5) is 10.1 Å². The minimum absolute atomic E-state index is 0.210. The Kier molecular flexibility index (Phi) is 11.0. The number of hydrogen-bond acceptors (Lipinski definition) is 4. The molecule has 44 heavy (non-hydrogen) atoms. The van der Waals surface area contributed by atoms with Gasteiger partial charge in [0.05, 0.1) is 12.1 Å². The van der Waals surface area contributed by atoms with Gasteiger partial charge in [-0.1, -0.05) is 75.4 Å². The summed E-state index contributed by atoms with van der Waals surface area (Å²) in [5.41, 5.74) is 8.04. The van der Waals surface area contributed by atoms with Crippen molar-refractivity contribution in [2.45, 2.75) is 53.0 Å². The normalized spacial score (nSPS) is 11.3. The SMILES string of the molecule is CCCN(CC)CCCOc1cc2nccc(Cc3ccc(NCc4cccc(-c5ccccc5)c4)cc3F)c2cc1CC.